The summed E-state index contributed by atoms with van der Waals surface area (Å²) in [5, 5.41) is 2.53. The van der Waals surface area contributed by atoms with E-state index in [0.717, 1.165) is 0 Å². The molecule has 0 bridgehead atoms. The molecule has 0 saturated heterocycles. The molecule has 1 saturated carbocycles. The lowest BCUT2D eigenvalue weighted by atomic mass is 9.85. The Bertz CT molecular complexity index is 458. The van der Waals surface area contributed by atoms with Crippen LogP contribution in [0, 0.1) is 5.92 Å². The first-order chi connectivity index (χ1) is 8.88. The minimum Gasteiger partial charge on any atom is -0.452 e. The third-order valence-electron chi connectivity index (χ3n) is 3.33. The van der Waals surface area contributed by atoms with Crippen LogP contribution in [0.25, 0.3) is 0 Å². The van der Waals surface area contributed by atoms with Gasteiger partial charge >= 0.3 is 6.18 Å². The molecule has 1 N–H and O–H groups in total. The third-order valence-corrected chi connectivity index (χ3v) is 3.63. The largest absolute Gasteiger partial charge is 0.452 e. The molecule has 19 heavy (non-hydrogen) atoms. The predicted molar refractivity (Wildman–Crippen MR) is 63.0 cm³/mol. The summed E-state index contributed by atoms with van der Waals surface area (Å²) in [6, 6.07) is 0.917. The zero-order chi connectivity index (χ0) is 14.0. The SMILES string of the molecule is O=C(NC1CCCC(C(F)(F)F)C1)c1ccoc1Cl. The number of furan rings is 1. The molecule has 0 aromatic carbocycles. The van der Waals surface area contributed by atoms with Crippen molar-refractivity contribution in [2.75, 3.05) is 0 Å². The maximum atomic E-state index is 12.6. The van der Waals surface area contributed by atoms with Gasteiger partial charge in [0.2, 0.25) is 5.22 Å². The number of alkyl halides is 3. The van der Waals surface area contributed by atoms with Gasteiger partial charge in [-0.1, -0.05) is 6.42 Å². The van der Waals surface area contributed by atoms with Gasteiger partial charge in [-0.15, -0.1) is 0 Å². The maximum absolute atomic E-state index is 12.6. The highest BCUT2D eigenvalue weighted by molar-refractivity contribution is 6.32. The summed E-state index contributed by atoms with van der Waals surface area (Å²) in [5.41, 5.74) is 0.149. The van der Waals surface area contributed by atoms with Crippen molar-refractivity contribution in [2.24, 2.45) is 5.92 Å². The molecule has 1 heterocycles. The van der Waals surface area contributed by atoms with Crippen molar-refractivity contribution in [1.82, 2.24) is 5.32 Å². The molecular formula is C12H13ClF3NO2. The van der Waals surface area contributed by atoms with Crippen LogP contribution in [0.2, 0.25) is 5.22 Å². The Kier molecular flexibility index (Phi) is 4.08. The van der Waals surface area contributed by atoms with Gasteiger partial charge in [-0.2, -0.15) is 13.2 Å². The molecule has 1 amide bonds. The molecule has 2 rings (SSSR count). The summed E-state index contributed by atoms with van der Waals surface area (Å²) in [6.07, 6.45) is -1.89. The zero-order valence-corrected chi connectivity index (χ0v) is 10.7. The van der Waals surface area contributed by atoms with E-state index in [0.29, 0.717) is 12.8 Å². The van der Waals surface area contributed by atoms with E-state index >= 15 is 0 Å². The molecule has 2 atom stereocenters. The number of hydrogen-bond acceptors (Lipinski definition) is 2. The first-order valence-corrected chi connectivity index (χ1v) is 6.36. The summed E-state index contributed by atoms with van der Waals surface area (Å²) >= 11 is 5.65. The van der Waals surface area contributed by atoms with Gasteiger partial charge in [-0.25, -0.2) is 0 Å². The number of nitrogens with one attached hydrogen (secondary N) is 1. The monoisotopic (exact) mass is 295 g/mol. The van der Waals surface area contributed by atoms with Crippen molar-refractivity contribution in [3.8, 4) is 0 Å². The van der Waals surface area contributed by atoms with E-state index in [4.69, 9.17) is 16.0 Å². The van der Waals surface area contributed by atoms with Gasteiger partial charge in [0.15, 0.2) is 0 Å². The van der Waals surface area contributed by atoms with Gasteiger partial charge in [0.25, 0.3) is 5.91 Å². The van der Waals surface area contributed by atoms with Crippen molar-refractivity contribution in [3.63, 3.8) is 0 Å². The predicted octanol–water partition coefficient (Wildman–Crippen LogP) is 3.78. The minimum absolute atomic E-state index is 0.0549. The van der Waals surface area contributed by atoms with Gasteiger partial charge in [-0.3, -0.25) is 4.79 Å². The van der Waals surface area contributed by atoms with Gasteiger partial charge in [-0.05, 0) is 36.9 Å². The van der Waals surface area contributed by atoms with Crippen molar-refractivity contribution in [2.45, 2.75) is 37.9 Å². The Morgan fingerprint density at radius 1 is 1.42 bits per heavy atom. The topological polar surface area (TPSA) is 42.2 Å². The molecule has 1 aromatic rings. The van der Waals surface area contributed by atoms with Crippen molar-refractivity contribution in [1.29, 1.82) is 0 Å². The van der Waals surface area contributed by atoms with Crippen LogP contribution in [-0.4, -0.2) is 18.1 Å². The van der Waals surface area contributed by atoms with Gasteiger partial charge in [0.1, 0.15) is 0 Å². The Morgan fingerprint density at radius 3 is 2.74 bits per heavy atom. The molecule has 0 radical (unpaired) electrons. The van der Waals surface area contributed by atoms with E-state index in [1.165, 1.54) is 12.3 Å². The summed E-state index contributed by atoms with van der Waals surface area (Å²) in [4.78, 5) is 11.8. The van der Waals surface area contributed by atoms with Crippen molar-refractivity contribution < 1.29 is 22.4 Å². The molecule has 0 spiro atoms. The molecular weight excluding hydrogens is 283 g/mol. The standard InChI is InChI=1S/C12H13ClF3NO2/c13-10-9(4-5-19-10)11(18)17-8-3-1-2-7(6-8)12(14,15)16/h4-5,7-8H,1-3,6H2,(H,17,18). The Labute approximate surface area is 113 Å². The molecule has 1 aliphatic carbocycles. The first-order valence-electron chi connectivity index (χ1n) is 5.98. The van der Waals surface area contributed by atoms with E-state index < -0.39 is 24.0 Å². The fourth-order valence-electron chi connectivity index (χ4n) is 2.34. The van der Waals surface area contributed by atoms with Crippen molar-refractivity contribution in [3.05, 3.63) is 23.1 Å². The summed E-state index contributed by atoms with van der Waals surface area (Å²) < 4.78 is 42.7. The van der Waals surface area contributed by atoms with Gasteiger partial charge in [0, 0.05) is 6.04 Å². The summed E-state index contributed by atoms with van der Waals surface area (Å²) in [6.45, 7) is 0. The van der Waals surface area contributed by atoms with Crippen LogP contribution in [0.1, 0.15) is 36.0 Å². The van der Waals surface area contributed by atoms with Crippen LogP contribution in [-0.2, 0) is 0 Å². The van der Waals surface area contributed by atoms with Crippen LogP contribution < -0.4 is 5.32 Å². The van der Waals surface area contributed by atoms with E-state index in [-0.39, 0.29) is 23.6 Å². The van der Waals surface area contributed by atoms with E-state index in [9.17, 15) is 18.0 Å². The number of rotatable bonds is 2. The highest BCUT2D eigenvalue weighted by atomic mass is 35.5. The normalized spacial score (nSPS) is 24.2. The smallest absolute Gasteiger partial charge is 0.391 e. The van der Waals surface area contributed by atoms with Crippen LogP contribution in [0.15, 0.2) is 16.7 Å². The first kappa shape index (κ1) is 14.2. The van der Waals surface area contributed by atoms with E-state index in [1.807, 2.05) is 0 Å². The number of carbonyl (C=O) groups is 1. The lowest BCUT2D eigenvalue weighted by molar-refractivity contribution is -0.183. The van der Waals surface area contributed by atoms with E-state index in [2.05, 4.69) is 5.32 Å². The van der Waals surface area contributed by atoms with Crippen LogP contribution >= 0.6 is 11.6 Å². The van der Waals surface area contributed by atoms with Crippen molar-refractivity contribution >= 4 is 17.5 Å². The Balaban J connectivity index is 1.96. The minimum atomic E-state index is -4.20. The summed E-state index contributed by atoms with van der Waals surface area (Å²) in [7, 11) is 0. The third kappa shape index (κ3) is 3.43. The second-order valence-electron chi connectivity index (χ2n) is 4.68. The summed E-state index contributed by atoms with van der Waals surface area (Å²) in [5.74, 6) is -1.84. The van der Waals surface area contributed by atoms with Crippen LogP contribution in [0.4, 0.5) is 13.2 Å². The molecule has 1 fully saturated rings. The molecule has 7 heteroatoms. The number of carbonyl (C=O) groups excluding carboxylic acids is 1. The fourth-order valence-corrected chi connectivity index (χ4v) is 2.54. The molecule has 1 aromatic heterocycles. The average molecular weight is 296 g/mol. The zero-order valence-electron chi connectivity index (χ0n) is 9.97. The molecule has 3 nitrogen and oxygen atoms in total. The number of hydrogen-bond donors (Lipinski definition) is 1. The van der Waals surface area contributed by atoms with Gasteiger partial charge < -0.3 is 9.73 Å². The van der Waals surface area contributed by atoms with Gasteiger partial charge in [0.05, 0.1) is 17.7 Å². The molecule has 0 aliphatic heterocycles. The van der Waals surface area contributed by atoms with E-state index in [1.54, 1.807) is 0 Å². The number of amides is 1. The highest BCUT2D eigenvalue weighted by Crippen LogP contribution is 2.37. The molecule has 2 unspecified atom stereocenters. The number of halogens is 4. The van der Waals surface area contributed by atoms with Crippen LogP contribution in [0.5, 0.6) is 0 Å². The molecule has 1 aliphatic rings. The maximum Gasteiger partial charge on any atom is 0.391 e. The van der Waals surface area contributed by atoms with Crippen LogP contribution in [0.3, 0.4) is 0 Å². The second kappa shape index (κ2) is 5.45. The average Bonchev–Trinajstić information content (AvgIpc) is 2.75. The quantitative estimate of drug-likeness (QED) is 0.902. The lowest BCUT2D eigenvalue weighted by Gasteiger charge is -2.30. The fraction of sp³-hybridized carbons (Fsp3) is 0.583. The lowest BCUT2D eigenvalue weighted by Crippen LogP contribution is -2.41. The second-order valence-corrected chi connectivity index (χ2v) is 5.03. The molecule has 106 valence electrons. The Morgan fingerprint density at radius 2 is 2.16 bits per heavy atom. The highest BCUT2D eigenvalue weighted by Gasteiger charge is 2.42. The Hall–Kier alpha value is -1.17.